The third kappa shape index (κ3) is 2.99. The third-order valence-corrected chi connectivity index (χ3v) is 3.88. The molecule has 0 bridgehead atoms. The highest BCUT2D eigenvalue weighted by molar-refractivity contribution is 6.01. The molecule has 2 aromatic rings. The normalized spacial score (nSPS) is 17.1. The van der Waals surface area contributed by atoms with Gasteiger partial charge >= 0.3 is 0 Å². The van der Waals surface area contributed by atoms with E-state index in [0.29, 0.717) is 23.5 Å². The van der Waals surface area contributed by atoms with E-state index in [9.17, 15) is 9.18 Å². The summed E-state index contributed by atoms with van der Waals surface area (Å²) in [5.41, 5.74) is 7.97. The van der Waals surface area contributed by atoms with Crippen LogP contribution in [0.3, 0.4) is 0 Å². The molecule has 0 aliphatic carbocycles. The van der Waals surface area contributed by atoms with Crippen LogP contribution >= 0.6 is 0 Å². The molecule has 1 amide bonds. The molecule has 0 spiro atoms. The van der Waals surface area contributed by atoms with Gasteiger partial charge in [-0.05, 0) is 49.7 Å². The number of benzene rings is 2. The number of anilines is 2. The van der Waals surface area contributed by atoms with Gasteiger partial charge in [-0.25, -0.2) is 4.39 Å². The molecule has 3 rings (SSSR count). The SMILES string of the molecule is CC(C)N1C(=O)C(Cc2ccc(F)cc2)Oc2ccc(N)cc21. The van der Waals surface area contributed by atoms with Crippen LogP contribution in [-0.2, 0) is 11.2 Å². The van der Waals surface area contributed by atoms with E-state index < -0.39 is 6.10 Å². The Bertz CT molecular complexity index is 728. The van der Waals surface area contributed by atoms with Crippen LogP contribution in [0.5, 0.6) is 5.75 Å². The minimum absolute atomic E-state index is 0.0114. The summed E-state index contributed by atoms with van der Waals surface area (Å²) in [6, 6.07) is 11.4. The van der Waals surface area contributed by atoms with Gasteiger partial charge in [-0.2, -0.15) is 0 Å². The molecule has 23 heavy (non-hydrogen) atoms. The molecule has 5 heteroatoms. The summed E-state index contributed by atoms with van der Waals surface area (Å²) in [6.07, 6.45) is -0.231. The summed E-state index contributed by atoms with van der Waals surface area (Å²) in [5.74, 6) is 0.233. The first-order valence-corrected chi connectivity index (χ1v) is 7.59. The van der Waals surface area contributed by atoms with Crippen LogP contribution in [0.2, 0.25) is 0 Å². The van der Waals surface area contributed by atoms with Gasteiger partial charge in [0.2, 0.25) is 0 Å². The number of nitrogens with zero attached hydrogens (tertiary/aromatic N) is 1. The van der Waals surface area contributed by atoms with E-state index in [1.807, 2.05) is 13.8 Å². The monoisotopic (exact) mass is 314 g/mol. The summed E-state index contributed by atoms with van der Waals surface area (Å²) >= 11 is 0. The lowest BCUT2D eigenvalue weighted by atomic mass is 10.0. The van der Waals surface area contributed by atoms with Gasteiger partial charge in [0.25, 0.3) is 5.91 Å². The molecule has 2 N–H and O–H groups in total. The summed E-state index contributed by atoms with van der Waals surface area (Å²) in [6.45, 7) is 3.90. The van der Waals surface area contributed by atoms with Crippen LogP contribution in [0.1, 0.15) is 19.4 Å². The van der Waals surface area contributed by atoms with Gasteiger partial charge in [-0.15, -0.1) is 0 Å². The van der Waals surface area contributed by atoms with Gasteiger partial charge in [0.1, 0.15) is 11.6 Å². The Hall–Kier alpha value is -2.56. The zero-order valence-corrected chi connectivity index (χ0v) is 13.1. The number of carbonyl (C=O) groups excluding carboxylic acids is 1. The number of halogens is 1. The first kappa shape index (κ1) is 15.3. The largest absolute Gasteiger partial charge is 0.478 e. The van der Waals surface area contributed by atoms with E-state index in [2.05, 4.69) is 0 Å². The lowest BCUT2D eigenvalue weighted by Gasteiger charge is -2.37. The van der Waals surface area contributed by atoms with Gasteiger partial charge in [0.05, 0.1) is 5.69 Å². The number of rotatable bonds is 3. The maximum absolute atomic E-state index is 13.0. The first-order valence-electron chi connectivity index (χ1n) is 7.59. The van der Waals surface area contributed by atoms with E-state index in [0.717, 1.165) is 5.56 Å². The fraction of sp³-hybridized carbons (Fsp3) is 0.278. The number of nitrogen functional groups attached to an aromatic ring is 1. The zero-order valence-electron chi connectivity index (χ0n) is 13.1. The smallest absolute Gasteiger partial charge is 0.268 e. The number of fused-ring (bicyclic) bond motifs is 1. The highest BCUT2D eigenvalue weighted by Crippen LogP contribution is 2.37. The molecule has 0 saturated heterocycles. The summed E-state index contributed by atoms with van der Waals surface area (Å²) in [7, 11) is 0. The van der Waals surface area contributed by atoms with Crippen LogP contribution in [0.15, 0.2) is 42.5 Å². The van der Waals surface area contributed by atoms with Crippen molar-refractivity contribution in [3.05, 3.63) is 53.8 Å². The summed E-state index contributed by atoms with van der Waals surface area (Å²) < 4.78 is 18.9. The standard InChI is InChI=1S/C18H19FN2O2/c1-11(2)21-15-10-14(20)7-8-16(15)23-17(18(21)22)9-12-3-5-13(19)6-4-12/h3-8,10-11,17H,9,20H2,1-2H3. The third-order valence-electron chi connectivity index (χ3n) is 3.88. The van der Waals surface area contributed by atoms with Crippen molar-refractivity contribution in [1.29, 1.82) is 0 Å². The highest BCUT2D eigenvalue weighted by Gasteiger charge is 2.35. The van der Waals surface area contributed by atoms with E-state index in [-0.39, 0.29) is 17.8 Å². The maximum Gasteiger partial charge on any atom is 0.268 e. The van der Waals surface area contributed by atoms with Crippen molar-refractivity contribution >= 4 is 17.3 Å². The van der Waals surface area contributed by atoms with Gasteiger partial charge in [-0.3, -0.25) is 4.79 Å². The molecule has 1 atom stereocenters. The van der Waals surface area contributed by atoms with Crippen molar-refractivity contribution < 1.29 is 13.9 Å². The Balaban J connectivity index is 1.93. The molecule has 4 nitrogen and oxygen atoms in total. The van der Waals surface area contributed by atoms with Crippen LogP contribution in [-0.4, -0.2) is 18.1 Å². The molecule has 1 aliphatic heterocycles. The second-order valence-electron chi connectivity index (χ2n) is 5.97. The van der Waals surface area contributed by atoms with Gasteiger partial charge in [0, 0.05) is 18.2 Å². The van der Waals surface area contributed by atoms with Crippen molar-refractivity contribution in [2.24, 2.45) is 0 Å². The second-order valence-corrected chi connectivity index (χ2v) is 5.97. The average Bonchev–Trinajstić information content (AvgIpc) is 2.50. The molecule has 0 saturated carbocycles. The van der Waals surface area contributed by atoms with Crippen LogP contribution in [0.4, 0.5) is 15.8 Å². The number of nitrogens with two attached hydrogens (primary N) is 1. The number of hydrogen-bond acceptors (Lipinski definition) is 3. The van der Waals surface area contributed by atoms with E-state index in [1.165, 1.54) is 12.1 Å². The zero-order chi connectivity index (χ0) is 16.6. The molecule has 0 fully saturated rings. The number of ether oxygens (including phenoxy) is 1. The molecule has 0 aromatic heterocycles. The van der Waals surface area contributed by atoms with E-state index >= 15 is 0 Å². The predicted molar refractivity (Wildman–Crippen MR) is 88.0 cm³/mol. The fourth-order valence-electron chi connectivity index (χ4n) is 2.80. The Morgan fingerprint density at radius 1 is 1.22 bits per heavy atom. The molecule has 120 valence electrons. The molecule has 1 heterocycles. The number of carbonyl (C=O) groups is 1. The van der Waals surface area contributed by atoms with Crippen LogP contribution < -0.4 is 15.4 Å². The highest BCUT2D eigenvalue weighted by atomic mass is 19.1. The van der Waals surface area contributed by atoms with Crippen molar-refractivity contribution in [3.63, 3.8) is 0 Å². The molecule has 1 aliphatic rings. The van der Waals surface area contributed by atoms with E-state index in [1.54, 1.807) is 35.2 Å². The van der Waals surface area contributed by atoms with Crippen molar-refractivity contribution in [2.75, 3.05) is 10.6 Å². The minimum atomic E-state index is -0.626. The van der Waals surface area contributed by atoms with Crippen molar-refractivity contribution in [3.8, 4) is 5.75 Å². The molecule has 2 aromatic carbocycles. The molecular weight excluding hydrogens is 295 g/mol. The van der Waals surface area contributed by atoms with Gasteiger partial charge in [-0.1, -0.05) is 12.1 Å². The second kappa shape index (κ2) is 5.91. The first-order chi connectivity index (χ1) is 11.0. The van der Waals surface area contributed by atoms with Gasteiger partial charge < -0.3 is 15.4 Å². The summed E-state index contributed by atoms with van der Waals surface area (Å²) in [4.78, 5) is 14.5. The van der Waals surface area contributed by atoms with E-state index in [4.69, 9.17) is 10.5 Å². The van der Waals surface area contributed by atoms with Crippen molar-refractivity contribution in [1.82, 2.24) is 0 Å². The Kier molecular flexibility index (Phi) is 3.94. The number of amides is 1. The van der Waals surface area contributed by atoms with Crippen LogP contribution in [0, 0.1) is 5.82 Å². The lowest BCUT2D eigenvalue weighted by Crippen LogP contribution is -2.50. The molecule has 1 unspecified atom stereocenters. The minimum Gasteiger partial charge on any atom is -0.478 e. The predicted octanol–water partition coefficient (Wildman–Crippen LogP) is 3.15. The van der Waals surface area contributed by atoms with Crippen molar-refractivity contribution in [2.45, 2.75) is 32.4 Å². The Labute approximate surface area is 134 Å². The average molecular weight is 314 g/mol. The number of hydrogen-bond donors (Lipinski definition) is 1. The molecule has 0 radical (unpaired) electrons. The summed E-state index contributed by atoms with van der Waals surface area (Å²) in [5, 5.41) is 0. The Morgan fingerprint density at radius 2 is 1.91 bits per heavy atom. The topological polar surface area (TPSA) is 55.6 Å². The fourth-order valence-corrected chi connectivity index (χ4v) is 2.80. The van der Waals surface area contributed by atoms with Crippen LogP contribution in [0.25, 0.3) is 0 Å². The lowest BCUT2D eigenvalue weighted by molar-refractivity contribution is -0.126. The quantitative estimate of drug-likeness (QED) is 0.886. The Morgan fingerprint density at radius 3 is 2.57 bits per heavy atom. The maximum atomic E-state index is 13.0. The molecular formula is C18H19FN2O2. The van der Waals surface area contributed by atoms with Gasteiger partial charge in [0.15, 0.2) is 6.10 Å².